The van der Waals surface area contributed by atoms with Gasteiger partial charge in [0, 0.05) is 29.2 Å². The maximum atomic E-state index is 13.6. The summed E-state index contributed by atoms with van der Waals surface area (Å²) in [4.78, 5) is 44.2. The summed E-state index contributed by atoms with van der Waals surface area (Å²) in [5.74, 6) is -1.23. The Balaban J connectivity index is 1.58. The minimum absolute atomic E-state index is 0.000108. The quantitative estimate of drug-likeness (QED) is 0.120. The molecular weight excluding hydrogens is 534 g/mol. The van der Waals surface area contributed by atoms with Crippen molar-refractivity contribution in [1.82, 2.24) is 9.88 Å². The number of nitrogens with zero attached hydrogens (tertiary/aromatic N) is 3. The zero-order valence-corrected chi connectivity index (χ0v) is 25.2. The molecule has 0 spiro atoms. The highest BCUT2D eigenvalue weighted by Crippen LogP contribution is 2.53. The van der Waals surface area contributed by atoms with Crippen molar-refractivity contribution in [3.05, 3.63) is 74.9 Å². The molecule has 0 unspecified atom stereocenters. The van der Waals surface area contributed by atoms with E-state index < -0.39 is 19.2 Å². The SMILES string of the molecule is C[C@@H](O[Si](C)(C)C(C)(C)C)[C@H]1C(=O)N2C(C(=O)OCc3ccc([N+](=O)[O-])cc3)=C(Sc3ccccn3)[C@H](C)[C@H]12. The van der Waals surface area contributed by atoms with E-state index in [1.807, 2.05) is 32.0 Å². The Kier molecular flexibility index (Phi) is 8.07. The zero-order valence-electron chi connectivity index (χ0n) is 23.3. The predicted octanol–water partition coefficient (Wildman–Crippen LogP) is 5.92. The lowest BCUT2D eigenvalue weighted by molar-refractivity contribution is -0.384. The predicted molar refractivity (Wildman–Crippen MR) is 151 cm³/mol. The van der Waals surface area contributed by atoms with Gasteiger partial charge in [0.25, 0.3) is 5.69 Å². The summed E-state index contributed by atoms with van der Waals surface area (Å²) in [6, 6.07) is 11.2. The van der Waals surface area contributed by atoms with Crippen LogP contribution in [-0.2, 0) is 25.4 Å². The molecule has 39 heavy (non-hydrogen) atoms. The summed E-state index contributed by atoms with van der Waals surface area (Å²) >= 11 is 1.37. The molecule has 2 aromatic rings. The number of amides is 1. The fourth-order valence-electron chi connectivity index (χ4n) is 4.80. The normalized spacial score (nSPS) is 21.9. The van der Waals surface area contributed by atoms with Gasteiger partial charge in [-0.1, -0.05) is 45.5 Å². The van der Waals surface area contributed by atoms with Crippen molar-refractivity contribution in [2.75, 3.05) is 0 Å². The van der Waals surface area contributed by atoms with Crippen LogP contribution in [0.3, 0.4) is 0 Å². The standard InChI is InChI=1S/C28H35N3O6SSi/c1-17-23-22(18(2)37-39(6,7)28(3,4)5)26(32)30(23)24(25(17)38-21-10-8-9-15-29-21)27(33)36-16-19-11-13-20(14-12-19)31(34)35/h8-15,17-18,22-23H,16H2,1-7H3/t17-,18-,22-,23-/m1/s1. The molecule has 4 atom stereocenters. The molecule has 0 N–H and O–H groups in total. The van der Waals surface area contributed by atoms with Crippen LogP contribution in [0.1, 0.15) is 40.2 Å². The summed E-state index contributed by atoms with van der Waals surface area (Å²) in [5.41, 5.74) is 0.812. The number of pyridine rings is 1. The molecule has 208 valence electrons. The van der Waals surface area contributed by atoms with Crippen molar-refractivity contribution in [2.24, 2.45) is 11.8 Å². The lowest BCUT2D eigenvalue weighted by Gasteiger charge is -2.50. The van der Waals surface area contributed by atoms with Crippen LogP contribution in [0.4, 0.5) is 5.69 Å². The number of rotatable bonds is 9. The third-order valence-corrected chi connectivity index (χ3v) is 13.8. The minimum Gasteiger partial charge on any atom is -0.456 e. The largest absolute Gasteiger partial charge is 0.456 e. The number of carbonyl (C=O) groups is 2. The van der Waals surface area contributed by atoms with Crippen molar-refractivity contribution in [2.45, 2.75) is 76.5 Å². The average molecular weight is 570 g/mol. The first-order valence-corrected chi connectivity index (χ1v) is 16.7. The molecule has 0 aliphatic carbocycles. The fraction of sp³-hybridized carbons (Fsp3) is 0.464. The van der Waals surface area contributed by atoms with Crippen molar-refractivity contribution >= 4 is 37.6 Å². The number of nitro groups is 1. The van der Waals surface area contributed by atoms with Gasteiger partial charge in [0.05, 0.1) is 23.0 Å². The zero-order chi connectivity index (χ0) is 28.7. The Morgan fingerprint density at radius 2 is 1.87 bits per heavy atom. The van der Waals surface area contributed by atoms with Crippen LogP contribution >= 0.6 is 11.8 Å². The minimum atomic E-state index is -2.12. The Morgan fingerprint density at radius 1 is 1.21 bits per heavy atom. The van der Waals surface area contributed by atoms with Gasteiger partial charge in [-0.15, -0.1) is 0 Å². The van der Waals surface area contributed by atoms with Crippen LogP contribution in [0.2, 0.25) is 18.1 Å². The number of thioether (sulfide) groups is 1. The molecule has 0 saturated carbocycles. The Morgan fingerprint density at radius 3 is 2.44 bits per heavy atom. The number of esters is 1. The highest BCUT2D eigenvalue weighted by molar-refractivity contribution is 8.03. The van der Waals surface area contributed by atoms with E-state index >= 15 is 0 Å². The van der Waals surface area contributed by atoms with Crippen LogP contribution in [-0.4, -0.2) is 47.1 Å². The third kappa shape index (κ3) is 5.66. The van der Waals surface area contributed by atoms with E-state index in [0.717, 1.165) is 9.93 Å². The number of aromatic nitrogens is 1. The lowest BCUT2D eigenvalue weighted by Crippen LogP contribution is -2.65. The Hall–Kier alpha value is -3.02. The van der Waals surface area contributed by atoms with Gasteiger partial charge in [0.1, 0.15) is 17.3 Å². The smallest absolute Gasteiger partial charge is 0.356 e. The van der Waals surface area contributed by atoms with E-state index in [4.69, 9.17) is 9.16 Å². The van der Waals surface area contributed by atoms with Gasteiger partial charge in [0.2, 0.25) is 5.91 Å². The summed E-state index contributed by atoms with van der Waals surface area (Å²) in [5, 5.41) is 11.7. The molecule has 1 fully saturated rings. The van der Waals surface area contributed by atoms with Gasteiger partial charge >= 0.3 is 5.97 Å². The average Bonchev–Trinajstić information content (AvgIpc) is 3.10. The number of hydrogen-bond donors (Lipinski definition) is 0. The van der Waals surface area contributed by atoms with Crippen molar-refractivity contribution in [3.8, 4) is 0 Å². The molecule has 3 heterocycles. The maximum Gasteiger partial charge on any atom is 0.356 e. The molecule has 2 aliphatic heterocycles. The van der Waals surface area contributed by atoms with E-state index in [-0.39, 0.29) is 52.9 Å². The molecule has 0 bridgehead atoms. The highest BCUT2D eigenvalue weighted by atomic mass is 32.2. The summed E-state index contributed by atoms with van der Waals surface area (Å²) in [7, 11) is -2.12. The number of carbonyl (C=O) groups excluding carboxylic acids is 2. The maximum absolute atomic E-state index is 13.6. The Bertz CT molecular complexity index is 1290. The highest BCUT2D eigenvalue weighted by Gasteiger charge is 2.61. The van der Waals surface area contributed by atoms with Gasteiger partial charge in [-0.3, -0.25) is 14.9 Å². The van der Waals surface area contributed by atoms with Gasteiger partial charge in [-0.05, 0) is 54.9 Å². The molecule has 2 aliphatic rings. The second kappa shape index (κ2) is 10.9. The number of ether oxygens (including phenoxy) is 1. The first-order valence-electron chi connectivity index (χ1n) is 13.0. The van der Waals surface area contributed by atoms with Crippen LogP contribution in [0.25, 0.3) is 0 Å². The van der Waals surface area contributed by atoms with Crippen molar-refractivity contribution in [1.29, 1.82) is 0 Å². The number of hydrogen-bond acceptors (Lipinski definition) is 8. The number of nitro benzene ring substituents is 1. The first kappa shape index (κ1) is 29.0. The van der Waals surface area contributed by atoms with E-state index in [1.165, 1.54) is 23.9 Å². The number of benzene rings is 1. The van der Waals surface area contributed by atoms with Crippen molar-refractivity contribution < 1.29 is 23.7 Å². The number of β-lactam (4-membered cyclic amide) rings is 1. The van der Waals surface area contributed by atoms with Crippen LogP contribution < -0.4 is 0 Å². The topological polar surface area (TPSA) is 112 Å². The molecule has 9 nitrogen and oxygen atoms in total. The van der Waals surface area contributed by atoms with Gasteiger partial charge < -0.3 is 14.1 Å². The summed E-state index contributed by atoms with van der Waals surface area (Å²) in [6.45, 7) is 14.8. The lowest BCUT2D eigenvalue weighted by atomic mass is 9.79. The van der Waals surface area contributed by atoms with Crippen LogP contribution in [0, 0.1) is 22.0 Å². The molecule has 0 radical (unpaired) electrons. The number of fused-ring (bicyclic) bond motifs is 1. The van der Waals surface area contributed by atoms with Gasteiger partial charge in [-0.2, -0.15) is 0 Å². The van der Waals surface area contributed by atoms with E-state index in [9.17, 15) is 19.7 Å². The molecular formula is C28H35N3O6SSi. The molecule has 1 saturated heterocycles. The van der Waals surface area contributed by atoms with Gasteiger partial charge in [-0.25, -0.2) is 9.78 Å². The van der Waals surface area contributed by atoms with Crippen LogP contribution in [0.15, 0.2) is 64.3 Å². The molecule has 1 aromatic carbocycles. The van der Waals surface area contributed by atoms with Gasteiger partial charge in [0.15, 0.2) is 8.32 Å². The Labute approximate surface area is 234 Å². The summed E-state index contributed by atoms with van der Waals surface area (Å²) in [6.07, 6.45) is 1.39. The number of non-ortho nitro benzene ring substituents is 1. The second-order valence-electron chi connectivity index (χ2n) is 11.6. The molecule has 1 aromatic heterocycles. The van der Waals surface area contributed by atoms with Crippen molar-refractivity contribution in [3.63, 3.8) is 0 Å². The monoisotopic (exact) mass is 569 g/mol. The molecule has 11 heteroatoms. The third-order valence-electron chi connectivity index (χ3n) is 7.94. The van der Waals surface area contributed by atoms with E-state index in [1.54, 1.807) is 23.2 Å². The van der Waals surface area contributed by atoms with E-state index in [0.29, 0.717) is 5.56 Å². The van der Waals surface area contributed by atoms with Crippen LogP contribution in [0.5, 0.6) is 0 Å². The van der Waals surface area contributed by atoms with E-state index in [2.05, 4.69) is 38.8 Å². The first-order chi connectivity index (χ1) is 18.2. The second-order valence-corrected chi connectivity index (χ2v) is 17.4. The molecule has 4 rings (SSSR count). The summed E-state index contributed by atoms with van der Waals surface area (Å²) < 4.78 is 12.2. The fourth-order valence-corrected chi connectivity index (χ4v) is 7.32. The molecule has 1 amide bonds.